The van der Waals surface area contributed by atoms with Crippen molar-refractivity contribution in [1.29, 1.82) is 0 Å². The van der Waals surface area contributed by atoms with Gasteiger partial charge in [0.2, 0.25) is 0 Å². The third-order valence-corrected chi connectivity index (χ3v) is 2.43. The molecule has 15 heavy (non-hydrogen) atoms. The van der Waals surface area contributed by atoms with Crippen LogP contribution in [-0.2, 0) is 6.54 Å². The van der Waals surface area contributed by atoms with Crippen LogP contribution in [0.3, 0.4) is 0 Å². The molecule has 0 amide bonds. The molecule has 1 rings (SSSR count). The zero-order chi connectivity index (χ0) is 11.6. The predicted molar refractivity (Wildman–Crippen MR) is 54.4 cm³/mol. The molecule has 84 valence electrons. The highest BCUT2D eigenvalue weighted by molar-refractivity contribution is 14.1. The summed E-state index contributed by atoms with van der Waals surface area (Å²) >= 11 is 1.76. The topological polar surface area (TPSA) is 68.1 Å². The monoisotopic (exact) mass is 334 g/mol. The van der Waals surface area contributed by atoms with E-state index in [2.05, 4.69) is 9.72 Å². The highest BCUT2D eigenvalue weighted by Gasteiger charge is 2.32. The van der Waals surface area contributed by atoms with Gasteiger partial charge in [-0.15, -0.1) is 13.2 Å². The standard InChI is InChI=1S/C7H6F3IN2O2/c8-7(9,10)15-5-1-3(11)4(2-12)13-6(5)14/h1H,2,12H2,(H,13,14). The Morgan fingerprint density at radius 2 is 2.13 bits per heavy atom. The van der Waals surface area contributed by atoms with Crippen molar-refractivity contribution in [3.8, 4) is 5.75 Å². The summed E-state index contributed by atoms with van der Waals surface area (Å²) < 4.78 is 39.4. The van der Waals surface area contributed by atoms with Crippen molar-refractivity contribution in [1.82, 2.24) is 4.98 Å². The molecule has 0 unspecified atom stereocenters. The summed E-state index contributed by atoms with van der Waals surface area (Å²) in [5.74, 6) is -0.788. The number of pyridine rings is 1. The van der Waals surface area contributed by atoms with Gasteiger partial charge in [-0.1, -0.05) is 0 Å². The molecule has 0 saturated heterocycles. The highest BCUT2D eigenvalue weighted by atomic mass is 127. The number of halogens is 4. The number of alkyl halides is 3. The number of hydrogen-bond donors (Lipinski definition) is 2. The summed E-state index contributed by atoms with van der Waals surface area (Å²) in [6.07, 6.45) is -4.87. The summed E-state index contributed by atoms with van der Waals surface area (Å²) in [4.78, 5) is 13.3. The molecule has 1 heterocycles. The van der Waals surface area contributed by atoms with Crippen LogP contribution in [-0.4, -0.2) is 11.3 Å². The Kier molecular flexibility index (Phi) is 3.60. The van der Waals surface area contributed by atoms with E-state index in [-0.39, 0.29) is 6.54 Å². The van der Waals surface area contributed by atoms with Crippen LogP contribution in [0.2, 0.25) is 0 Å². The van der Waals surface area contributed by atoms with E-state index in [0.29, 0.717) is 9.26 Å². The maximum Gasteiger partial charge on any atom is 0.573 e. The average molecular weight is 334 g/mol. The van der Waals surface area contributed by atoms with Gasteiger partial charge in [0.15, 0.2) is 5.75 Å². The van der Waals surface area contributed by atoms with E-state index < -0.39 is 17.7 Å². The smallest absolute Gasteiger partial charge is 0.400 e. The summed E-state index contributed by atoms with van der Waals surface area (Å²) in [6, 6.07) is 0.995. The molecule has 0 aliphatic rings. The molecule has 0 radical (unpaired) electrons. The molecule has 0 aliphatic carbocycles. The van der Waals surface area contributed by atoms with Crippen LogP contribution < -0.4 is 16.0 Å². The number of ether oxygens (including phenoxy) is 1. The van der Waals surface area contributed by atoms with Crippen molar-refractivity contribution in [2.24, 2.45) is 5.73 Å². The van der Waals surface area contributed by atoms with Crippen molar-refractivity contribution >= 4 is 22.6 Å². The lowest BCUT2D eigenvalue weighted by Crippen LogP contribution is -2.24. The molecule has 0 aliphatic heterocycles. The largest absolute Gasteiger partial charge is 0.573 e. The Morgan fingerprint density at radius 3 is 2.60 bits per heavy atom. The van der Waals surface area contributed by atoms with Crippen molar-refractivity contribution in [2.75, 3.05) is 0 Å². The average Bonchev–Trinajstić information content (AvgIpc) is 2.08. The fourth-order valence-corrected chi connectivity index (χ4v) is 1.51. The van der Waals surface area contributed by atoms with Crippen LogP contribution in [0.1, 0.15) is 5.69 Å². The van der Waals surface area contributed by atoms with Crippen molar-refractivity contribution < 1.29 is 17.9 Å². The van der Waals surface area contributed by atoms with E-state index in [0.717, 1.165) is 6.07 Å². The predicted octanol–water partition coefficient (Wildman–Crippen LogP) is 1.34. The molecule has 0 atom stereocenters. The number of rotatable bonds is 2. The summed E-state index contributed by atoms with van der Waals surface area (Å²) in [5, 5.41) is 0. The number of aromatic nitrogens is 1. The first-order valence-corrected chi connectivity index (χ1v) is 4.79. The minimum Gasteiger partial charge on any atom is -0.400 e. The maximum atomic E-state index is 11.8. The number of nitrogens with one attached hydrogen (secondary N) is 1. The zero-order valence-corrected chi connectivity index (χ0v) is 9.35. The molecule has 0 spiro atoms. The lowest BCUT2D eigenvalue weighted by molar-refractivity contribution is -0.275. The van der Waals surface area contributed by atoms with Crippen LogP contribution in [0, 0.1) is 3.57 Å². The molecule has 3 N–H and O–H groups in total. The molecule has 0 bridgehead atoms. The van der Waals surface area contributed by atoms with Crippen molar-refractivity contribution in [2.45, 2.75) is 12.9 Å². The highest BCUT2D eigenvalue weighted by Crippen LogP contribution is 2.21. The Bertz CT molecular complexity index is 416. The number of H-pyrrole nitrogens is 1. The second-order valence-electron chi connectivity index (χ2n) is 2.54. The van der Waals surface area contributed by atoms with Crippen LogP contribution in [0.25, 0.3) is 0 Å². The van der Waals surface area contributed by atoms with E-state index in [1.807, 2.05) is 0 Å². The summed E-state index contributed by atoms with van der Waals surface area (Å²) in [6.45, 7) is 0.0415. The fourth-order valence-electron chi connectivity index (χ4n) is 0.875. The molecule has 0 saturated carbocycles. The van der Waals surface area contributed by atoms with Crippen LogP contribution in [0.5, 0.6) is 5.75 Å². The molecule has 0 fully saturated rings. The van der Waals surface area contributed by atoms with E-state index in [4.69, 9.17) is 5.73 Å². The SMILES string of the molecule is NCc1[nH]c(=O)c(OC(F)(F)F)cc1I. The van der Waals surface area contributed by atoms with Crippen LogP contribution in [0.4, 0.5) is 13.2 Å². The lowest BCUT2D eigenvalue weighted by atomic mass is 10.3. The van der Waals surface area contributed by atoms with Gasteiger partial charge in [0.1, 0.15) is 0 Å². The van der Waals surface area contributed by atoms with Gasteiger partial charge in [0.25, 0.3) is 5.56 Å². The normalized spacial score (nSPS) is 11.5. The molecule has 4 nitrogen and oxygen atoms in total. The molecule has 0 aromatic carbocycles. The van der Waals surface area contributed by atoms with E-state index in [1.54, 1.807) is 22.6 Å². The van der Waals surface area contributed by atoms with Gasteiger partial charge in [0, 0.05) is 21.9 Å². The summed E-state index contributed by atoms with van der Waals surface area (Å²) in [5.41, 5.74) is 4.68. The van der Waals surface area contributed by atoms with Crippen LogP contribution >= 0.6 is 22.6 Å². The fraction of sp³-hybridized carbons (Fsp3) is 0.286. The minimum absolute atomic E-state index is 0.0415. The maximum absolute atomic E-state index is 11.8. The third kappa shape index (κ3) is 3.38. The van der Waals surface area contributed by atoms with Gasteiger partial charge in [0.05, 0.1) is 0 Å². The van der Waals surface area contributed by atoms with Gasteiger partial charge < -0.3 is 15.5 Å². The first-order valence-electron chi connectivity index (χ1n) is 3.71. The Morgan fingerprint density at radius 1 is 1.53 bits per heavy atom. The van der Waals surface area contributed by atoms with E-state index in [9.17, 15) is 18.0 Å². The first-order chi connectivity index (χ1) is 6.83. The van der Waals surface area contributed by atoms with Crippen molar-refractivity contribution in [3.05, 3.63) is 25.7 Å². The first kappa shape index (κ1) is 12.3. The minimum atomic E-state index is -4.87. The molecular weight excluding hydrogens is 328 g/mol. The number of nitrogens with two attached hydrogens (primary N) is 1. The molecule has 1 aromatic rings. The Hall–Kier alpha value is -0.770. The zero-order valence-electron chi connectivity index (χ0n) is 7.19. The van der Waals surface area contributed by atoms with Crippen LogP contribution in [0.15, 0.2) is 10.9 Å². The second kappa shape index (κ2) is 4.39. The van der Waals surface area contributed by atoms with Gasteiger partial charge in [-0.2, -0.15) is 0 Å². The van der Waals surface area contributed by atoms with Gasteiger partial charge in [-0.05, 0) is 22.6 Å². The quantitative estimate of drug-likeness (QED) is 0.802. The van der Waals surface area contributed by atoms with Gasteiger partial charge >= 0.3 is 6.36 Å². The second-order valence-corrected chi connectivity index (χ2v) is 3.70. The Balaban J connectivity index is 3.12. The van der Waals surface area contributed by atoms with Crippen molar-refractivity contribution in [3.63, 3.8) is 0 Å². The third-order valence-electron chi connectivity index (χ3n) is 1.46. The number of aromatic amines is 1. The molecule has 1 aromatic heterocycles. The van der Waals surface area contributed by atoms with Gasteiger partial charge in [-0.25, -0.2) is 0 Å². The number of hydrogen-bond acceptors (Lipinski definition) is 3. The summed E-state index contributed by atoms with van der Waals surface area (Å²) in [7, 11) is 0. The van der Waals surface area contributed by atoms with Gasteiger partial charge in [-0.3, -0.25) is 4.79 Å². The molecular formula is C7H6F3IN2O2. The lowest BCUT2D eigenvalue weighted by Gasteiger charge is -2.09. The molecule has 8 heteroatoms. The Labute approximate surface area is 95.8 Å². The van der Waals surface area contributed by atoms with E-state index >= 15 is 0 Å². The van der Waals surface area contributed by atoms with E-state index in [1.165, 1.54) is 0 Å².